The zero-order chi connectivity index (χ0) is 19.4. The molecule has 27 heavy (non-hydrogen) atoms. The Morgan fingerprint density at radius 1 is 1.11 bits per heavy atom. The number of benzene rings is 2. The van der Waals surface area contributed by atoms with Crippen molar-refractivity contribution in [2.24, 2.45) is 0 Å². The van der Waals surface area contributed by atoms with Gasteiger partial charge in [0.2, 0.25) is 0 Å². The molecule has 2 aromatic carbocycles. The van der Waals surface area contributed by atoms with Crippen LogP contribution in [0.15, 0.2) is 70.4 Å². The number of carbonyl (C=O) groups is 1. The first kappa shape index (κ1) is 18.7. The third-order valence-electron chi connectivity index (χ3n) is 4.24. The molecule has 3 aromatic rings. The molecule has 0 aliphatic rings. The Bertz CT molecular complexity index is 1070. The zero-order valence-corrected chi connectivity index (χ0v) is 15.4. The Labute approximate surface area is 160 Å². The van der Waals surface area contributed by atoms with Crippen molar-refractivity contribution in [3.63, 3.8) is 0 Å². The third kappa shape index (κ3) is 4.17. The second-order valence-corrected chi connectivity index (χ2v) is 6.50. The largest absolute Gasteiger partial charge is 0.345 e. The first-order valence-corrected chi connectivity index (χ1v) is 8.77. The number of carbonyl (C=O) groups excluding carboxylic acids is 1. The predicted octanol–water partition coefficient (Wildman–Crippen LogP) is 2.73. The number of H-pyrrole nitrogens is 1. The molecule has 6 nitrogen and oxygen atoms in total. The fourth-order valence-electron chi connectivity index (χ4n) is 2.71. The van der Waals surface area contributed by atoms with Gasteiger partial charge in [-0.15, -0.1) is 0 Å². The number of nitrogens with zero attached hydrogens (tertiary/aromatic N) is 1. The molecule has 1 unspecified atom stereocenters. The maximum Gasteiger partial charge on any atom is 0.328 e. The quantitative estimate of drug-likeness (QED) is 0.710. The Morgan fingerprint density at radius 3 is 2.48 bits per heavy atom. The van der Waals surface area contributed by atoms with Crippen molar-refractivity contribution in [2.75, 3.05) is 0 Å². The van der Waals surface area contributed by atoms with Crippen molar-refractivity contribution in [2.45, 2.75) is 19.5 Å². The smallest absolute Gasteiger partial charge is 0.328 e. The van der Waals surface area contributed by atoms with Crippen LogP contribution in [0.1, 0.15) is 34.5 Å². The summed E-state index contributed by atoms with van der Waals surface area (Å²) in [6.07, 6.45) is 1.14. The van der Waals surface area contributed by atoms with Gasteiger partial charge in [-0.25, -0.2) is 4.79 Å². The molecule has 0 saturated heterocycles. The third-order valence-corrected chi connectivity index (χ3v) is 4.61. The van der Waals surface area contributed by atoms with Crippen molar-refractivity contribution >= 4 is 17.5 Å². The lowest BCUT2D eigenvalue weighted by molar-refractivity contribution is 0.0937. The average Bonchev–Trinajstić information content (AvgIpc) is 2.67. The van der Waals surface area contributed by atoms with Crippen LogP contribution in [0.4, 0.5) is 0 Å². The van der Waals surface area contributed by atoms with E-state index >= 15 is 0 Å². The molecule has 3 rings (SSSR count). The zero-order valence-electron chi connectivity index (χ0n) is 14.6. The Morgan fingerprint density at radius 2 is 1.78 bits per heavy atom. The summed E-state index contributed by atoms with van der Waals surface area (Å²) < 4.78 is 0.962. The lowest BCUT2D eigenvalue weighted by Crippen LogP contribution is -2.41. The van der Waals surface area contributed by atoms with Gasteiger partial charge in [0.25, 0.3) is 11.5 Å². The maximum atomic E-state index is 12.7. The first-order chi connectivity index (χ1) is 13.0. The summed E-state index contributed by atoms with van der Waals surface area (Å²) in [7, 11) is 0. The highest BCUT2D eigenvalue weighted by Crippen LogP contribution is 2.15. The van der Waals surface area contributed by atoms with E-state index < -0.39 is 17.2 Å². The molecule has 0 bridgehead atoms. The van der Waals surface area contributed by atoms with E-state index in [0.717, 1.165) is 16.3 Å². The lowest BCUT2D eigenvalue weighted by atomic mass is 10.1. The second-order valence-electron chi connectivity index (χ2n) is 6.10. The van der Waals surface area contributed by atoms with Crippen molar-refractivity contribution in [1.29, 1.82) is 0 Å². The van der Waals surface area contributed by atoms with E-state index in [-0.39, 0.29) is 18.2 Å². The molecule has 0 fully saturated rings. The van der Waals surface area contributed by atoms with Gasteiger partial charge < -0.3 is 10.3 Å². The van der Waals surface area contributed by atoms with E-state index in [4.69, 9.17) is 11.6 Å². The van der Waals surface area contributed by atoms with Gasteiger partial charge in [-0.2, -0.15) is 0 Å². The summed E-state index contributed by atoms with van der Waals surface area (Å²) in [6, 6.07) is 16.0. The number of hydrogen-bond acceptors (Lipinski definition) is 3. The first-order valence-electron chi connectivity index (χ1n) is 8.39. The van der Waals surface area contributed by atoms with Crippen molar-refractivity contribution in [1.82, 2.24) is 14.9 Å². The van der Waals surface area contributed by atoms with E-state index in [1.807, 2.05) is 37.3 Å². The van der Waals surface area contributed by atoms with Crippen LogP contribution in [0.2, 0.25) is 5.02 Å². The molecule has 1 aromatic heterocycles. The highest BCUT2D eigenvalue weighted by atomic mass is 35.5. The molecule has 7 heteroatoms. The summed E-state index contributed by atoms with van der Waals surface area (Å²) in [6.45, 7) is 1.80. The summed E-state index contributed by atoms with van der Waals surface area (Å²) >= 11 is 6.11. The van der Waals surface area contributed by atoms with Gasteiger partial charge in [0.15, 0.2) is 0 Å². The molecule has 1 heterocycles. The predicted molar refractivity (Wildman–Crippen MR) is 104 cm³/mol. The van der Waals surface area contributed by atoms with Gasteiger partial charge >= 0.3 is 5.69 Å². The molecule has 0 saturated carbocycles. The van der Waals surface area contributed by atoms with Crippen LogP contribution < -0.4 is 16.6 Å². The lowest BCUT2D eigenvalue weighted by Gasteiger charge is -2.14. The number of aromatic nitrogens is 2. The highest BCUT2D eigenvalue weighted by molar-refractivity contribution is 6.31. The molecule has 1 amide bonds. The van der Waals surface area contributed by atoms with Crippen LogP contribution in [0, 0.1) is 0 Å². The van der Waals surface area contributed by atoms with E-state index in [2.05, 4.69) is 10.3 Å². The summed E-state index contributed by atoms with van der Waals surface area (Å²) in [5.74, 6) is -0.555. The fourth-order valence-corrected chi connectivity index (χ4v) is 2.91. The van der Waals surface area contributed by atoms with Crippen LogP contribution in [0.25, 0.3) is 0 Å². The number of halogens is 1. The second kappa shape index (κ2) is 8.05. The molecule has 0 radical (unpaired) electrons. The van der Waals surface area contributed by atoms with Crippen molar-refractivity contribution < 1.29 is 4.79 Å². The van der Waals surface area contributed by atoms with E-state index in [1.165, 1.54) is 0 Å². The van der Waals surface area contributed by atoms with Crippen LogP contribution in [-0.4, -0.2) is 15.5 Å². The number of aromatic amines is 1. The minimum atomic E-state index is -0.670. The maximum absolute atomic E-state index is 12.7. The monoisotopic (exact) mass is 383 g/mol. The highest BCUT2D eigenvalue weighted by Gasteiger charge is 2.17. The van der Waals surface area contributed by atoms with Crippen molar-refractivity contribution in [3.05, 3.63) is 103 Å². The SMILES string of the molecule is CC(NC(=O)c1c[nH]c(=O)n(Cc2ccccc2Cl)c1=O)c1ccccc1. The number of rotatable bonds is 5. The van der Waals surface area contributed by atoms with Gasteiger partial charge in [-0.05, 0) is 24.1 Å². The van der Waals surface area contributed by atoms with E-state index in [0.29, 0.717) is 10.6 Å². The standard InChI is InChI=1S/C20H18ClN3O3/c1-13(14-7-3-2-4-8-14)23-18(25)16-11-22-20(27)24(19(16)26)12-15-9-5-6-10-17(15)21/h2-11,13H,12H2,1H3,(H,22,27)(H,23,25). The molecule has 0 aliphatic heterocycles. The van der Waals surface area contributed by atoms with Crippen LogP contribution in [-0.2, 0) is 6.54 Å². The number of amides is 1. The van der Waals surface area contributed by atoms with Gasteiger partial charge in [0, 0.05) is 11.2 Å². The summed E-state index contributed by atoms with van der Waals surface area (Å²) in [5.41, 5.74) is 0.113. The van der Waals surface area contributed by atoms with Crippen LogP contribution in [0.5, 0.6) is 0 Å². The Hall–Kier alpha value is -3.12. The molecule has 2 N–H and O–H groups in total. The van der Waals surface area contributed by atoms with Gasteiger partial charge in [-0.1, -0.05) is 60.1 Å². The topological polar surface area (TPSA) is 84.0 Å². The van der Waals surface area contributed by atoms with Gasteiger partial charge in [0.1, 0.15) is 5.56 Å². The van der Waals surface area contributed by atoms with Gasteiger partial charge in [0.05, 0.1) is 12.6 Å². The minimum absolute atomic E-state index is 0.0246. The van der Waals surface area contributed by atoms with Gasteiger partial charge in [-0.3, -0.25) is 14.2 Å². The average molecular weight is 384 g/mol. The molecule has 0 aliphatic carbocycles. The van der Waals surface area contributed by atoms with Crippen molar-refractivity contribution in [3.8, 4) is 0 Å². The molecule has 0 spiro atoms. The summed E-state index contributed by atoms with van der Waals surface area (Å²) in [5, 5.41) is 3.22. The number of nitrogens with one attached hydrogen (secondary N) is 2. The normalized spacial score (nSPS) is 11.8. The molecular weight excluding hydrogens is 366 g/mol. The molecule has 1 atom stereocenters. The minimum Gasteiger partial charge on any atom is -0.345 e. The van der Waals surface area contributed by atoms with E-state index in [1.54, 1.807) is 24.3 Å². The molecular formula is C20H18ClN3O3. The van der Waals surface area contributed by atoms with Crippen LogP contribution >= 0.6 is 11.6 Å². The Kier molecular flexibility index (Phi) is 5.57. The Balaban J connectivity index is 1.89. The molecule has 138 valence electrons. The van der Waals surface area contributed by atoms with Crippen LogP contribution in [0.3, 0.4) is 0 Å². The van der Waals surface area contributed by atoms with E-state index in [9.17, 15) is 14.4 Å². The summed E-state index contributed by atoms with van der Waals surface area (Å²) in [4.78, 5) is 39.8. The fraction of sp³-hybridized carbons (Fsp3) is 0.150. The number of hydrogen-bond donors (Lipinski definition) is 2.